The zero-order valence-corrected chi connectivity index (χ0v) is 11.5. The van der Waals surface area contributed by atoms with E-state index in [0.717, 1.165) is 22.0 Å². The van der Waals surface area contributed by atoms with Gasteiger partial charge in [-0.25, -0.2) is 4.98 Å². The maximum Gasteiger partial charge on any atom is 0.183 e. The van der Waals surface area contributed by atoms with Crippen LogP contribution in [0.3, 0.4) is 0 Å². The van der Waals surface area contributed by atoms with Gasteiger partial charge in [0.15, 0.2) is 5.13 Å². The number of aromatic nitrogens is 1. The molecule has 0 aliphatic heterocycles. The van der Waals surface area contributed by atoms with E-state index in [9.17, 15) is 0 Å². The number of hydrogen-bond donors (Lipinski definition) is 1. The third-order valence-electron chi connectivity index (χ3n) is 2.86. The Morgan fingerprint density at radius 1 is 1.47 bits per heavy atom. The number of aryl methyl sites for hydroxylation is 1. The Bertz CT molecular complexity index is 571. The standard InChI is InChI=1S/C13H17N3S/c1-8(2)16(5)12-9(3)6-7-10-11(12)15-13(14-4)17-10/h6-7H,1H2,2-5H3,(H,14,15). The number of fused-ring (bicyclic) bond motifs is 1. The van der Waals surface area contributed by atoms with E-state index in [0.29, 0.717) is 0 Å². The van der Waals surface area contributed by atoms with Gasteiger partial charge in [-0.3, -0.25) is 0 Å². The highest BCUT2D eigenvalue weighted by Gasteiger charge is 2.13. The van der Waals surface area contributed by atoms with Gasteiger partial charge in [-0.05, 0) is 25.5 Å². The fourth-order valence-corrected chi connectivity index (χ4v) is 2.62. The highest BCUT2D eigenvalue weighted by molar-refractivity contribution is 7.22. The maximum absolute atomic E-state index is 4.62. The minimum absolute atomic E-state index is 0.946. The molecule has 0 aliphatic carbocycles. The number of benzene rings is 1. The van der Waals surface area contributed by atoms with E-state index < -0.39 is 0 Å². The predicted octanol–water partition coefficient (Wildman–Crippen LogP) is 3.62. The van der Waals surface area contributed by atoms with Crippen molar-refractivity contribution in [3.8, 4) is 0 Å². The molecule has 0 radical (unpaired) electrons. The van der Waals surface area contributed by atoms with Gasteiger partial charge in [-0.15, -0.1) is 0 Å². The first kappa shape index (κ1) is 11.9. The van der Waals surface area contributed by atoms with Crippen LogP contribution >= 0.6 is 11.3 Å². The second-order valence-corrected chi connectivity index (χ2v) is 5.17. The lowest BCUT2D eigenvalue weighted by molar-refractivity contribution is 1.09. The van der Waals surface area contributed by atoms with Gasteiger partial charge in [0.05, 0.1) is 10.4 Å². The van der Waals surface area contributed by atoms with Crippen molar-refractivity contribution in [1.82, 2.24) is 4.98 Å². The number of nitrogens with one attached hydrogen (secondary N) is 1. The average molecular weight is 247 g/mol. The molecule has 0 saturated carbocycles. The molecular weight excluding hydrogens is 230 g/mol. The Morgan fingerprint density at radius 3 is 2.76 bits per heavy atom. The largest absolute Gasteiger partial charge is 0.365 e. The molecule has 0 amide bonds. The smallest absolute Gasteiger partial charge is 0.183 e. The SMILES string of the molecule is C=C(C)N(C)c1c(C)ccc2sc(NC)nc12. The predicted molar refractivity (Wildman–Crippen MR) is 77.1 cm³/mol. The van der Waals surface area contributed by atoms with E-state index in [2.05, 4.69) is 40.8 Å². The normalized spacial score (nSPS) is 10.6. The summed E-state index contributed by atoms with van der Waals surface area (Å²) in [6, 6.07) is 4.26. The number of rotatable bonds is 3. The van der Waals surface area contributed by atoms with Crippen molar-refractivity contribution < 1.29 is 0 Å². The van der Waals surface area contributed by atoms with E-state index in [4.69, 9.17) is 0 Å². The van der Waals surface area contributed by atoms with E-state index >= 15 is 0 Å². The summed E-state index contributed by atoms with van der Waals surface area (Å²) in [7, 11) is 3.93. The molecule has 90 valence electrons. The van der Waals surface area contributed by atoms with Crippen LogP contribution in [0.2, 0.25) is 0 Å². The molecule has 1 aromatic carbocycles. The third kappa shape index (κ3) is 2.00. The molecule has 0 spiro atoms. The Hall–Kier alpha value is -1.55. The summed E-state index contributed by atoms with van der Waals surface area (Å²) in [4.78, 5) is 6.71. The molecule has 1 heterocycles. The monoisotopic (exact) mass is 247 g/mol. The lowest BCUT2D eigenvalue weighted by atomic mass is 10.1. The van der Waals surface area contributed by atoms with Crippen LogP contribution < -0.4 is 10.2 Å². The Kier molecular flexibility index (Phi) is 3.07. The second kappa shape index (κ2) is 4.37. The summed E-state index contributed by atoms with van der Waals surface area (Å²) in [6.45, 7) is 8.10. The topological polar surface area (TPSA) is 28.2 Å². The lowest BCUT2D eigenvalue weighted by Crippen LogP contribution is -2.14. The van der Waals surface area contributed by atoms with Gasteiger partial charge in [-0.2, -0.15) is 0 Å². The van der Waals surface area contributed by atoms with Gasteiger partial charge in [0.1, 0.15) is 5.52 Å². The molecule has 2 rings (SSSR count). The van der Waals surface area contributed by atoms with Crippen molar-refractivity contribution in [3.63, 3.8) is 0 Å². The first-order valence-electron chi connectivity index (χ1n) is 5.51. The average Bonchev–Trinajstić information content (AvgIpc) is 2.71. The van der Waals surface area contributed by atoms with Crippen LogP contribution in [0.4, 0.5) is 10.8 Å². The van der Waals surface area contributed by atoms with Crippen molar-refractivity contribution in [3.05, 3.63) is 30.0 Å². The molecule has 17 heavy (non-hydrogen) atoms. The Balaban J connectivity index is 2.70. The van der Waals surface area contributed by atoms with Gasteiger partial charge >= 0.3 is 0 Å². The molecule has 0 aliphatic rings. The minimum atomic E-state index is 0.946. The Morgan fingerprint density at radius 2 is 2.18 bits per heavy atom. The summed E-state index contributed by atoms with van der Waals surface area (Å²) < 4.78 is 1.20. The van der Waals surface area contributed by atoms with Crippen LogP contribution in [0.1, 0.15) is 12.5 Å². The zero-order valence-electron chi connectivity index (χ0n) is 10.7. The maximum atomic E-state index is 4.62. The molecule has 0 saturated heterocycles. The highest BCUT2D eigenvalue weighted by Crippen LogP contribution is 2.35. The first-order valence-corrected chi connectivity index (χ1v) is 6.33. The minimum Gasteiger partial charge on any atom is -0.365 e. The fraction of sp³-hybridized carbons (Fsp3) is 0.308. The van der Waals surface area contributed by atoms with E-state index in [-0.39, 0.29) is 0 Å². The molecular formula is C13H17N3S. The third-order valence-corrected chi connectivity index (χ3v) is 3.90. The molecule has 3 nitrogen and oxygen atoms in total. The Labute approximate surface area is 106 Å². The van der Waals surface area contributed by atoms with Gasteiger partial charge < -0.3 is 10.2 Å². The molecule has 0 bridgehead atoms. The van der Waals surface area contributed by atoms with Crippen molar-refractivity contribution in [2.45, 2.75) is 13.8 Å². The van der Waals surface area contributed by atoms with E-state index in [1.807, 2.05) is 21.0 Å². The van der Waals surface area contributed by atoms with Crippen molar-refractivity contribution in [1.29, 1.82) is 0 Å². The van der Waals surface area contributed by atoms with Crippen LogP contribution in [-0.4, -0.2) is 19.1 Å². The van der Waals surface area contributed by atoms with Gasteiger partial charge in [-0.1, -0.05) is 24.0 Å². The summed E-state index contributed by atoms with van der Waals surface area (Å²) in [5.41, 5.74) is 4.42. The quantitative estimate of drug-likeness (QED) is 0.898. The van der Waals surface area contributed by atoms with Crippen molar-refractivity contribution >= 4 is 32.4 Å². The van der Waals surface area contributed by atoms with Crippen molar-refractivity contribution in [2.75, 3.05) is 24.3 Å². The molecule has 1 N–H and O–H groups in total. The molecule has 0 atom stereocenters. The van der Waals surface area contributed by atoms with Crippen LogP contribution in [-0.2, 0) is 0 Å². The second-order valence-electron chi connectivity index (χ2n) is 4.14. The fourth-order valence-electron chi connectivity index (χ4n) is 1.80. The highest BCUT2D eigenvalue weighted by atomic mass is 32.1. The lowest BCUT2D eigenvalue weighted by Gasteiger charge is -2.21. The number of anilines is 2. The summed E-state index contributed by atoms with van der Waals surface area (Å²) >= 11 is 1.67. The van der Waals surface area contributed by atoms with Crippen LogP contribution in [0.5, 0.6) is 0 Å². The van der Waals surface area contributed by atoms with Crippen LogP contribution in [0.15, 0.2) is 24.4 Å². The number of thiazole rings is 1. The molecule has 0 fully saturated rings. The van der Waals surface area contributed by atoms with Gasteiger partial charge in [0, 0.05) is 19.8 Å². The number of nitrogens with zero attached hydrogens (tertiary/aromatic N) is 2. The molecule has 0 unspecified atom stereocenters. The van der Waals surface area contributed by atoms with Crippen molar-refractivity contribution in [2.24, 2.45) is 0 Å². The first-order chi connectivity index (χ1) is 8.04. The molecule has 4 heteroatoms. The summed E-state index contributed by atoms with van der Waals surface area (Å²) in [5.74, 6) is 0. The number of hydrogen-bond acceptors (Lipinski definition) is 4. The van der Waals surface area contributed by atoms with Gasteiger partial charge in [0.2, 0.25) is 0 Å². The van der Waals surface area contributed by atoms with Crippen LogP contribution in [0.25, 0.3) is 10.2 Å². The molecule has 2 aromatic rings. The number of allylic oxidation sites excluding steroid dienone is 1. The molecule has 1 aromatic heterocycles. The summed E-state index contributed by atoms with van der Waals surface area (Å²) in [6.07, 6.45) is 0. The van der Waals surface area contributed by atoms with E-state index in [1.165, 1.54) is 10.3 Å². The zero-order chi connectivity index (χ0) is 12.6. The summed E-state index contributed by atoms with van der Waals surface area (Å²) in [5, 5.41) is 4.04. The van der Waals surface area contributed by atoms with E-state index in [1.54, 1.807) is 11.3 Å². The van der Waals surface area contributed by atoms with Gasteiger partial charge in [0.25, 0.3) is 0 Å². The van der Waals surface area contributed by atoms with Crippen LogP contribution in [0, 0.1) is 6.92 Å².